The molecule has 1 aromatic heterocycles. The summed E-state index contributed by atoms with van der Waals surface area (Å²) in [6.45, 7) is 1.67. The Balaban J connectivity index is 1.91. The second-order valence-corrected chi connectivity index (χ2v) is 5.55. The van der Waals surface area contributed by atoms with Gasteiger partial charge in [-0.15, -0.1) is 0 Å². The van der Waals surface area contributed by atoms with Gasteiger partial charge in [0.1, 0.15) is 11.6 Å². The van der Waals surface area contributed by atoms with Crippen molar-refractivity contribution in [3.05, 3.63) is 77.7 Å². The number of hydrogen-bond acceptors (Lipinski definition) is 3. The molecular weight excluding hydrogens is 319 g/mol. The molecule has 0 saturated carbocycles. The number of nitrogens with one attached hydrogen (secondary N) is 1. The van der Waals surface area contributed by atoms with Gasteiger partial charge in [0, 0.05) is 23.0 Å². The first kappa shape index (κ1) is 16.6. The van der Waals surface area contributed by atoms with Crippen molar-refractivity contribution in [3.8, 4) is 17.0 Å². The molecule has 5 heteroatoms. The van der Waals surface area contributed by atoms with Crippen LogP contribution in [0.25, 0.3) is 11.3 Å². The largest absolute Gasteiger partial charge is 0.496 e. The number of carbonyl (C=O) groups excluding carboxylic acids is 1. The number of nitrogens with zero attached hydrogens (tertiary/aromatic N) is 1. The second-order valence-electron chi connectivity index (χ2n) is 5.55. The van der Waals surface area contributed by atoms with Crippen LogP contribution in [0.15, 0.2) is 60.8 Å². The Morgan fingerprint density at radius 1 is 1.12 bits per heavy atom. The monoisotopic (exact) mass is 336 g/mol. The van der Waals surface area contributed by atoms with Crippen LogP contribution in [0.3, 0.4) is 0 Å². The number of anilines is 1. The van der Waals surface area contributed by atoms with Crippen molar-refractivity contribution in [1.29, 1.82) is 0 Å². The number of ether oxygens (including phenoxy) is 1. The molecule has 0 unspecified atom stereocenters. The standard InChI is InChI=1S/C20H17FN2O2/c1-13-6-8-15(12-17(13)21)23-20(24)14-7-9-19(25-2)16(11-14)18-5-3-4-10-22-18/h3-12H,1-2H3,(H,23,24). The molecule has 126 valence electrons. The van der Waals surface area contributed by atoms with Crippen molar-refractivity contribution in [2.45, 2.75) is 6.92 Å². The van der Waals surface area contributed by atoms with E-state index in [1.54, 1.807) is 50.6 Å². The van der Waals surface area contributed by atoms with Crippen LogP contribution >= 0.6 is 0 Å². The van der Waals surface area contributed by atoms with Gasteiger partial charge >= 0.3 is 0 Å². The average Bonchev–Trinajstić information content (AvgIpc) is 2.65. The minimum absolute atomic E-state index is 0.330. The number of aryl methyl sites for hydroxylation is 1. The fourth-order valence-corrected chi connectivity index (χ4v) is 2.45. The van der Waals surface area contributed by atoms with E-state index in [4.69, 9.17) is 4.74 Å². The lowest BCUT2D eigenvalue weighted by molar-refractivity contribution is 0.102. The summed E-state index contributed by atoms with van der Waals surface area (Å²) in [6.07, 6.45) is 1.68. The molecule has 1 amide bonds. The van der Waals surface area contributed by atoms with Gasteiger partial charge < -0.3 is 10.1 Å². The molecule has 0 spiro atoms. The van der Waals surface area contributed by atoms with Gasteiger partial charge in [0.2, 0.25) is 0 Å². The van der Waals surface area contributed by atoms with E-state index in [-0.39, 0.29) is 11.7 Å². The summed E-state index contributed by atoms with van der Waals surface area (Å²) in [4.78, 5) is 16.8. The van der Waals surface area contributed by atoms with Crippen LogP contribution in [-0.4, -0.2) is 18.0 Å². The molecule has 0 radical (unpaired) electrons. The number of rotatable bonds is 4. The van der Waals surface area contributed by atoms with Crippen molar-refractivity contribution in [2.75, 3.05) is 12.4 Å². The molecule has 0 aliphatic carbocycles. The van der Waals surface area contributed by atoms with E-state index >= 15 is 0 Å². The predicted octanol–water partition coefficient (Wildman–Crippen LogP) is 4.46. The predicted molar refractivity (Wildman–Crippen MR) is 95.3 cm³/mol. The maximum atomic E-state index is 13.6. The highest BCUT2D eigenvalue weighted by atomic mass is 19.1. The number of benzene rings is 2. The van der Waals surface area contributed by atoms with Crippen LogP contribution in [0.4, 0.5) is 10.1 Å². The topological polar surface area (TPSA) is 51.2 Å². The van der Waals surface area contributed by atoms with Crippen LogP contribution < -0.4 is 10.1 Å². The fourth-order valence-electron chi connectivity index (χ4n) is 2.45. The lowest BCUT2D eigenvalue weighted by Gasteiger charge is -2.11. The number of methoxy groups -OCH3 is 1. The number of hydrogen-bond donors (Lipinski definition) is 1. The average molecular weight is 336 g/mol. The first-order valence-corrected chi connectivity index (χ1v) is 7.75. The fraction of sp³-hybridized carbons (Fsp3) is 0.100. The summed E-state index contributed by atoms with van der Waals surface area (Å²) >= 11 is 0. The van der Waals surface area contributed by atoms with E-state index in [2.05, 4.69) is 10.3 Å². The van der Waals surface area contributed by atoms with Gasteiger partial charge in [0.15, 0.2) is 0 Å². The van der Waals surface area contributed by atoms with Gasteiger partial charge in [0.05, 0.1) is 12.8 Å². The molecule has 0 aliphatic heterocycles. The number of amides is 1. The normalized spacial score (nSPS) is 10.4. The highest BCUT2D eigenvalue weighted by Gasteiger charge is 2.13. The van der Waals surface area contributed by atoms with Crippen molar-refractivity contribution in [2.24, 2.45) is 0 Å². The van der Waals surface area contributed by atoms with E-state index in [9.17, 15) is 9.18 Å². The number of halogens is 1. The molecule has 25 heavy (non-hydrogen) atoms. The summed E-state index contributed by atoms with van der Waals surface area (Å²) in [5, 5.41) is 2.70. The van der Waals surface area contributed by atoms with E-state index in [0.29, 0.717) is 33.8 Å². The molecular formula is C20H17FN2O2. The smallest absolute Gasteiger partial charge is 0.255 e. The lowest BCUT2D eigenvalue weighted by Crippen LogP contribution is -2.12. The van der Waals surface area contributed by atoms with Crippen LogP contribution in [0.2, 0.25) is 0 Å². The Hall–Kier alpha value is -3.21. The Morgan fingerprint density at radius 3 is 2.64 bits per heavy atom. The molecule has 3 rings (SSSR count). The van der Waals surface area contributed by atoms with Gasteiger partial charge in [-0.3, -0.25) is 9.78 Å². The molecule has 0 bridgehead atoms. The van der Waals surface area contributed by atoms with Crippen molar-refractivity contribution in [3.63, 3.8) is 0 Å². The van der Waals surface area contributed by atoms with Crippen molar-refractivity contribution in [1.82, 2.24) is 4.98 Å². The number of aromatic nitrogens is 1. The molecule has 0 atom stereocenters. The summed E-state index contributed by atoms with van der Waals surface area (Å²) < 4.78 is 19.0. The van der Waals surface area contributed by atoms with Crippen LogP contribution in [0, 0.1) is 12.7 Å². The summed E-state index contributed by atoms with van der Waals surface area (Å²) in [6, 6.07) is 15.2. The van der Waals surface area contributed by atoms with E-state index in [1.165, 1.54) is 6.07 Å². The van der Waals surface area contributed by atoms with Crippen molar-refractivity contribution < 1.29 is 13.9 Å². The molecule has 4 nitrogen and oxygen atoms in total. The van der Waals surface area contributed by atoms with Gasteiger partial charge in [-0.1, -0.05) is 12.1 Å². The number of carbonyl (C=O) groups is 1. The first-order valence-electron chi connectivity index (χ1n) is 7.75. The molecule has 0 fully saturated rings. The zero-order valence-corrected chi connectivity index (χ0v) is 13.9. The van der Waals surface area contributed by atoms with E-state index in [0.717, 1.165) is 0 Å². The zero-order valence-electron chi connectivity index (χ0n) is 13.9. The lowest BCUT2D eigenvalue weighted by atomic mass is 10.1. The molecule has 0 saturated heterocycles. The highest BCUT2D eigenvalue weighted by Crippen LogP contribution is 2.29. The molecule has 3 aromatic rings. The third-order valence-corrected chi connectivity index (χ3v) is 3.83. The molecule has 1 heterocycles. The minimum atomic E-state index is -0.360. The van der Waals surface area contributed by atoms with Gasteiger partial charge in [-0.05, 0) is 55.0 Å². The van der Waals surface area contributed by atoms with Crippen molar-refractivity contribution >= 4 is 11.6 Å². The SMILES string of the molecule is COc1ccc(C(=O)Nc2ccc(C)c(F)c2)cc1-c1ccccn1. The Bertz CT molecular complexity index is 911. The summed E-state index contributed by atoms with van der Waals surface area (Å²) in [5.41, 5.74) is 2.78. The molecule has 1 N–H and O–H groups in total. The van der Waals surface area contributed by atoms with Gasteiger partial charge in [0.25, 0.3) is 5.91 Å². The summed E-state index contributed by atoms with van der Waals surface area (Å²) in [7, 11) is 1.57. The van der Waals surface area contributed by atoms with Gasteiger partial charge in [-0.2, -0.15) is 0 Å². The van der Waals surface area contributed by atoms with Crippen LogP contribution in [0.1, 0.15) is 15.9 Å². The third-order valence-electron chi connectivity index (χ3n) is 3.83. The maximum Gasteiger partial charge on any atom is 0.255 e. The zero-order chi connectivity index (χ0) is 17.8. The van der Waals surface area contributed by atoms with Gasteiger partial charge in [-0.25, -0.2) is 4.39 Å². The number of pyridine rings is 1. The summed E-state index contributed by atoms with van der Waals surface area (Å²) in [5.74, 6) is -0.0681. The maximum absolute atomic E-state index is 13.6. The van der Waals surface area contributed by atoms with Crippen LogP contribution in [0.5, 0.6) is 5.75 Å². The molecule has 0 aliphatic rings. The quantitative estimate of drug-likeness (QED) is 0.765. The van der Waals surface area contributed by atoms with E-state index < -0.39 is 0 Å². The minimum Gasteiger partial charge on any atom is -0.496 e. The highest BCUT2D eigenvalue weighted by molar-refractivity contribution is 6.05. The first-order chi connectivity index (χ1) is 12.1. The Labute approximate surface area is 145 Å². The molecule has 2 aromatic carbocycles. The Morgan fingerprint density at radius 2 is 1.96 bits per heavy atom. The second kappa shape index (κ2) is 7.13. The third kappa shape index (κ3) is 3.66. The van der Waals surface area contributed by atoms with E-state index in [1.807, 2.05) is 18.2 Å². The Kier molecular flexibility index (Phi) is 4.75. The van der Waals surface area contributed by atoms with Crippen LogP contribution in [-0.2, 0) is 0 Å².